The number of methoxy groups -OCH3 is 1. The van der Waals surface area contributed by atoms with Crippen molar-refractivity contribution >= 4 is 34.2 Å². The van der Waals surface area contributed by atoms with Crippen LogP contribution >= 0.6 is 22.6 Å². The molecule has 122 valence electrons. The maximum atomic E-state index is 12.0. The van der Waals surface area contributed by atoms with Crippen LogP contribution in [0.25, 0.3) is 0 Å². The Morgan fingerprint density at radius 1 is 1.13 bits per heavy atom. The van der Waals surface area contributed by atoms with Gasteiger partial charge < -0.3 is 14.8 Å². The van der Waals surface area contributed by atoms with Crippen LogP contribution in [0.5, 0.6) is 11.5 Å². The quantitative estimate of drug-likeness (QED) is 0.675. The second-order valence-corrected chi connectivity index (χ2v) is 6.22. The van der Waals surface area contributed by atoms with Crippen LogP contribution in [0.2, 0.25) is 0 Å². The van der Waals surface area contributed by atoms with Gasteiger partial charge in [0, 0.05) is 15.7 Å². The standard InChI is InChI=1S/C18H20INO3/c1-3-23-16-10-4-13(12-17(16)22-2)5-11-18(21)20-15-8-6-14(19)7-9-15/h4,6-10,12H,3,5,11H2,1-2H3,(H,20,21). The van der Waals surface area contributed by atoms with Gasteiger partial charge in [-0.25, -0.2) is 0 Å². The first-order valence-electron chi connectivity index (χ1n) is 7.47. The number of carbonyl (C=O) groups excluding carboxylic acids is 1. The number of anilines is 1. The fraction of sp³-hybridized carbons (Fsp3) is 0.278. The molecule has 0 unspecified atom stereocenters. The molecule has 2 aromatic carbocycles. The van der Waals surface area contributed by atoms with Crippen molar-refractivity contribution in [1.29, 1.82) is 0 Å². The van der Waals surface area contributed by atoms with Crippen molar-refractivity contribution in [3.05, 3.63) is 51.6 Å². The van der Waals surface area contributed by atoms with E-state index in [4.69, 9.17) is 9.47 Å². The molecule has 0 aliphatic carbocycles. The van der Waals surface area contributed by atoms with Crippen LogP contribution in [0.1, 0.15) is 18.9 Å². The highest BCUT2D eigenvalue weighted by Crippen LogP contribution is 2.28. The molecule has 2 aromatic rings. The first kappa shape index (κ1) is 17.6. The molecule has 1 amide bonds. The van der Waals surface area contributed by atoms with E-state index >= 15 is 0 Å². The molecule has 5 heteroatoms. The summed E-state index contributed by atoms with van der Waals surface area (Å²) in [4.78, 5) is 12.0. The molecule has 0 spiro atoms. The number of rotatable bonds is 7. The van der Waals surface area contributed by atoms with E-state index in [1.54, 1.807) is 7.11 Å². The van der Waals surface area contributed by atoms with Crippen LogP contribution in [-0.2, 0) is 11.2 Å². The van der Waals surface area contributed by atoms with E-state index in [1.807, 2.05) is 49.4 Å². The third-order valence-electron chi connectivity index (χ3n) is 3.30. The van der Waals surface area contributed by atoms with E-state index in [0.29, 0.717) is 25.2 Å². The number of ether oxygens (including phenoxy) is 2. The van der Waals surface area contributed by atoms with E-state index < -0.39 is 0 Å². The zero-order valence-corrected chi connectivity index (χ0v) is 15.4. The van der Waals surface area contributed by atoms with Gasteiger partial charge in [0.25, 0.3) is 0 Å². The molecule has 0 heterocycles. The monoisotopic (exact) mass is 425 g/mol. The molecule has 0 saturated heterocycles. The Labute approximate surface area is 150 Å². The Balaban J connectivity index is 1.92. The molecule has 0 aromatic heterocycles. The number of amides is 1. The summed E-state index contributed by atoms with van der Waals surface area (Å²) in [6.07, 6.45) is 1.07. The average Bonchev–Trinajstić information content (AvgIpc) is 2.56. The number of benzene rings is 2. The van der Waals surface area contributed by atoms with Crippen molar-refractivity contribution in [2.75, 3.05) is 19.0 Å². The SMILES string of the molecule is CCOc1ccc(CCC(=O)Nc2ccc(I)cc2)cc1OC. The predicted molar refractivity (Wildman–Crippen MR) is 100 cm³/mol. The Morgan fingerprint density at radius 2 is 1.87 bits per heavy atom. The molecule has 0 fully saturated rings. The average molecular weight is 425 g/mol. The van der Waals surface area contributed by atoms with Gasteiger partial charge in [-0.2, -0.15) is 0 Å². The van der Waals surface area contributed by atoms with Crippen LogP contribution in [0.4, 0.5) is 5.69 Å². The Hall–Kier alpha value is -1.76. The molecule has 4 nitrogen and oxygen atoms in total. The lowest BCUT2D eigenvalue weighted by atomic mass is 10.1. The van der Waals surface area contributed by atoms with Crippen molar-refractivity contribution in [1.82, 2.24) is 0 Å². The number of halogens is 1. The minimum atomic E-state index is -0.000871. The summed E-state index contributed by atoms with van der Waals surface area (Å²) >= 11 is 2.23. The van der Waals surface area contributed by atoms with Crippen molar-refractivity contribution in [2.45, 2.75) is 19.8 Å². The van der Waals surface area contributed by atoms with Crippen LogP contribution in [-0.4, -0.2) is 19.6 Å². The minimum absolute atomic E-state index is 0.000871. The largest absolute Gasteiger partial charge is 0.493 e. The maximum absolute atomic E-state index is 12.0. The summed E-state index contributed by atoms with van der Waals surface area (Å²) in [5.41, 5.74) is 1.86. The number of carbonyl (C=O) groups is 1. The van der Waals surface area contributed by atoms with Gasteiger partial charge in [0.15, 0.2) is 11.5 Å². The number of aryl methyl sites for hydroxylation is 1. The lowest BCUT2D eigenvalue weighted by Crippen LogP contribution is -2.12. The second-order valence-electron chi connectivity index (χ2n) is 4.97. The minimum Gasteiger partial charge on any atom is -0.493 e. The second kappa shape index (κ2) is 8.76. The van der Waals surface area contributed by atoms with Crippen molar-refractivity contribution in [3.63, 3.8) is 0 Å². The molecule has 0 bridgehead atoms. The van der Waals surface area contributed by atoms with Crippen molar-refractivity contribution < 1.29 is 14.3 Å². The molecule has 0 atom stereocenters. The van der Waals surface area contributed by atoms with E-state index in [0.717, 1.165) is 20.6 Å². The normalized spacial score (nSPS) is 10.2. The fourth-order valence-corrected chi connectivity index (χ4v) is 2.52. The number of hydrogen-bond acceptors (Lipinski definition) is 3. The van der Waals surface area contributed by atoms with Crippen LogP contribution < -0.4 is 14.8 Å². The summed E-state index contributed by atoms with van der Waals surface area (Å²) in [5.74, 6) is 1.42. The van der Waals surface area contributed by atoms with E-state index in [1.165, 1.54) is 0 Å². The molecule has 0 aliphatic heterocycles. The fourth-order valence-electron chi connectivity index (χ4n) is 2.16. The van der Waals surface area contributed by atoms with Crippen molar-refractivity contribution in [2.24, 2.45) is 0 Å². The first-order valence-corrected chi connectivity index (χ1v) is 8.55. The Bertz CT molecular complexity index is 656. The zero-order chi connectivity index (χ0) is 16.7. The zero-order valence-electron chi connectivity index (χ0n) is 13.3. The molecular weight excluding hydrogens is 405 g/mol. The lowest BCUT2D eigenvalue weighted by Gasteiger charge is -2.11. The molecule has 23 heavy (non-hydrogen) atoms. The van der Waals surface area contributed by atoms with Gasteiger partial charge in [-0.1, -0.05) is 6.07 Å². The summed E-state index contributed by atoms with van der Waals surface area (Å²) in [6.45, 7) is 2.52. The molecule has 0 radical (unpaired) electrons. The van der Waals surface area contributed by atoms with Gasteiger partial charge in [-0.3, -0.25) is 4.79 Å². The number of nitrogens with one attached hydrogen (secondary N) is 1. The highest BCUT2D eigenvalue weighted by Gasteiger charge is 2.08. The maximum Gasteiger partial charge on any atom is 0.224 e. The Morgan fingerprint density at radius 3 is 2.52 bits per heavy atom. The lowest BCUT2D eigenvalue weighted by molar-refractivity contribution is -0.116. The molecule has 1 N–H and O–H groups in total. The van der Waals surface area contributed by atoms with Crippen LogP contribution in [0.15, 0.2) is 42.5 Å². The smallest absolute Gasteiger partial charge is 0.224 e. The van der Waals surface area contributed by atoms with E-state index in [-0.39, 0.29) is 5.91 Å². The molecule has 0 aliphatic rings. The van der Waals surface area contributed by atoms with Gasteiger partial charge in [0.2, 0.25) is 5.91 Å². The summed E-state index contributed by atoms with van der Waals surface area (Å²) in [6, 6.07) is 13.5. The number of hydrogen-bond donors (Lipinski definition) is 1. The third kappa shape index (κ3) is 5.42. The van der Waals surface area contributed by atoms with Gasteiger partial charge in [0.1, 0.15) is 0 Å². The van der Waals surface area contributed by atoms with Gasteiger partial charge in [0.05, 0.1) is 13.7 Å². The van der Waals surface area contributed by atoms with E-state index in [2.05, 4.69) is 27.9 Å². The molecule has 0 saturated carbocycles. The highest BCUT2D eigenvalue weighted by molar-refractivity contribution is 14.1. The Kier molecular flexibility index (Phi) is 6.70. The summed E-state index contributed by atoms with van der Waals surface area (Å²) in [7, 11) is 1.62. The highest BCUT2D eigenvalue weighted by atomic mass is 127. The van der Waals surface area contributed by atoms with Gasteiger partial charge in [-0.05, 0) is 77.9 Å². The molecule has 2 rings (SSSR count). The summed E-state index contributed by atoms with van der Waals surface area (Å²) < 4.78 is 12.0. The molecular formula is C18H20INO3. The third-order valence-corrected chi connectivity index (χ3v) is 4.02. The van der Waals surface area contributed by atoms with Crippen LogP contribution in [0.3, 0.4) is 0 Å². The van der Waals surface area contributed by atoms with Gasteiger partial charge >= 0.3 is 0 Å². The van der Waals surface area contributed by atoms with Gasteiger partial charge in [-0.15, -0.1) is 0 Å². The van der Waals surface area contributed by atoms with Crippen molar-refractivity contribution in [3.8, 4) is 11.5 Å². The van der Waals surface area contributed by atoms with E-state index in [9.17, 15) is 4.79 Å². The van der Waals surface area contributed by atoms with Crippen LogP contribution in [0, 0.1) is 3.57 Å². The topological polar surface area (TPSA) is 47.6 Å². The predicted octanol–water partition coefficient (Wildman–Crippen LogP) is 4.27. The first-order chi connectivity index (χ1) is 11.1. The summed E-state index contributed by atoms with van der Waals surface area (Å²) in [5, 5.41) is 2.90.